The van der Waals surface area contributed by atoms with E-state index in [1.54, 1.807) is 0 Å². The first-order valence-corrected chi connectivity index (χ1v) is 7.31. The normalized spacial score (nSPS) is 18.1. The summed E-state index contributed by atoms with van der Waals surface area (Å²) in [5.41, 5.74) is 1.30. The molecule has 1 aliphatic rings. The summed E-state index contributed by atoms with van der Waals surface area (Å²) < 4.78 is 6.28. The van der Waals surface area contributed by atoms with Crippen molar-refractivity contribution in [3.8, 4) is 0 Å². The first-order valence-electron chi connectivity index (χ1n) is 7.31. The van der Waals surface area contributed by atoms with Crippen molar-refractivity contribution in [1.82, 2.24) is 5.32 Å². The zero-order chi connectivity index (χ0) is 12.6. The summed E-state index contributed by atoms with van der Waals surface area (Å²) in [6, 6.07) is 10.6. The monoisotopic (exact) mass is 247 g/mol. The second-order valence-corrected chi connectivity index (χ2v) is 5.15. The minimum atomic E-state index is 0.209. The van der Waals surface area contributed by atoms with Gasteiger partial charge < -0.3 is 10.1 Å². The van der Waals surface area contributed by atoms with E-state index >= 15 is 0 Å². The van der Waals surface area contributed by atoms with Crippen LogP contribution in [0, 0.1) is 0 Å². The number of nitrogens with one attached hydrogen (secondary N) is 1. The van der Waals surface area contributed by atoms with Gasteiger partial charge in [-0.05, 0) is 31.4 Å². The Morgan fingerprint density at radius 1 is 1.22 bits per heavy atom. The third kappa shape index (κ3) is 4.11. The predicted octanol–water partition coefficient (Wildman–Crippen LogP) is 3.69. The van der Waals surface area contributed by atoms with E-state index < -0.39 is 0 Å². The van der Waals surface area contributed by atoms with Gasteiger partial charge in [0.15, 0.2) is 0 Å². The van der Waals surface area contributed by atoms with E-state index in [1.807, 2.05) is 0 Å². The second-order valence-electron chi connectivity index (χ2n) is 5.15. The topological polar surface area (TPSA) is 21.3 Å². The number of ether oxygens (including phenoxy) is 1. The summed E-state index contributed by atoms with van der Waals surface area (Å²) in [6.45, 7) is 4.19. The number of hydrogen-bond acceptors (Lipinski definition) is 2. The Morgan fingerprint density at radius 2 is 1.94 bits per heavy atom. The van der Waals surface area contributed by atoms with Gasteiger partial charge in [0, 0.05) is 6.54 Å². The molecule has 0 bridgehead atoms. The smallest absolute Gasteiger partial charge is 0.0952 e. The molecule has 0 aromatic heterocycles. The van der Waals surface area contributed by atoms with Crippen molar-refractivity contribution < 1.29 is 4.74 Å². The molecule has 18 heavy (non-hydrogen) atoms. The molecule has 2 rings (SSSR count). The Balaban J connectivity index is 1.93. The van der Waals surface area contributed by atoms with Crippen molar-refractivity contribution in [2.24, 2.45) is 0 Å². The molecular weight excluding hydrogens is 222 g/mol. The summed E-state index contributed by atoms with van der Waals surface area (Å²) in [4.78, 5) is 0. The zero-order valence-electron chi connectivity index (χ0n) is 11.4. The maximum Gasteiger partial charge on any atom is 0.0952 e. The van der Waals surface area contributed by atoms with Gasteiger partial charge in [0.1, 0.15) is 0 Å². The SMILES string of the molecule is CCCNCC(OC1CCCC1)c1ccccc1. The summed E-state index contributed by atoms with van der Waals surface area (Å²) in [6.07, 6.45) is 6.97. The van der Waals surface area contributed by atoms with Gasteiger partial charge in [-0.3, -0.25) is 0 Å². The molecule has 1 fully saturated rings. The fourth-order valence-corrected chi connectivity index (χ4v) is 2.58. The average molecular weight is 247 g/mol. The maximum atomic E-state index is 6.28. The van der Waals surface area contributed by atoms with Crippen LogP contribution < -0.4 is 5.32 Å². The van der Waals surface area contributed by atoms with Crippen molar-refractivity contribution >= 4 is 0 Å². The molecular formula is C16H25NO. The molecule has 2 heteroatoms. The highest BCUT2D eigenvalue weighted by atomic mass is 16.5. The van der Waals surface area contributed by atoms with Gasteiger partial charge in [0.2, 0.25) is 0 Å². The molecule has 1 saturated carbocycles. The van der Waals surface area contributed by atoms with Crippen LogP contribution in [-0.4, -0.2) is 19.2 Å². The Hall–Kier alpha value is -0.860. The molecule has 0 radical (unpaired) electrons. The lowest BCUT2D eigenvalue weighted by Gasteiger charge is -2.23. The van der Waals surface area contributed by atoms with Crippen molar-refractivity contribution in [1.29, 1.82) is 0 Å². The molecule has 0 heterocycles. The molecule has 0 amide bonds. The number of hydrogen-bond donors (Lipinski definition) is 1. The molecule has 2 nitrogen and oxygen atoms in total. The third-order valence-electron chi connectivity index (χ3n) is 3.59. The standard InChI is InChI=1S/C16H25NO/c1-2-12-17-13-16(14-8-4-3-5-9-14)18-15-10-6-7-11-15/h3-5,8-9,15-17H,2,6-7,10-13H2,1H3. The van der Waals surface area contributed by atoms with E-state index in [0.717, 1.165) is 13.1 Å². The summed E-state index contributed by atoms with van der Waals surface area (Å²) in [5, 5.41) is 3.48. The predicted molar refractivity (Wildman–Crippen MR) is 75.7 cm³/mol. The highest BCUT2D eigenvalue weighted by Gasteiger charge is 2.21. The molecule has 1 atom stereocenters. The molecule has 0 saturated heterocycles. The number of rotatable bonds is 7. The zero-order valence-corrected chi connectivity index (χ0v) is 11.4. The quantitative estimate of drug-likeness (QED) is 0.742. The molecule has 1 N–H and O–H groups in total. The lowest BCUT2D eigenvalue weighted by Crippen LogP contribution is -2.26. The number of benzene rings is 1. The molecule has 1 aromatic carbocycles. The fourth-order valence-electron chi connectivity index (χ4n) is 2.58. The van der Waals surface area contributed by atoms with Crippen molar-refractivity contribution in [2.45, 2.75) is 51.2 Å². The fraction of sp³-hybridized carbons (Fsp3) is 0.625. The van der Waals surface area contributed by atoms with E-state index in [4.69, 9.17) is 4.74 Å². The Kier molecular flexibility index (Phi) is 5.69. The van der Waals surface area contributed by atoms with Gasteiger partial charge in [-0.1, -0.05) is 50.1 Å². The van der Waals surface area contributed by atoms with Gasteiger partial charge in [-0.25, -0.2) is 0 Å². The summed E-state index contributed by atoms with van der Waals surface area (Å²) in [7, 11) is 0. The minimum absolute atomic E-state index is 0.209. The van der Waals surface area contributed by atoms with Crippen LogP contribution in [0.1, 0.15) is 50.7 Å². The first kappa shape index (κ1) is 13.6. The van der Waals surface area contributed by atoms with Gasteiger partial charge in [0.25, 0.3) is 0 Å². The highest BCUT2D eigenvalue weighted by molar-refractivity contribution is 5.18. The third-order valence-corrected chi connectivity index (χ3v) is 3.59. The molecule has 1 aliphatic carbocycles. The summed E-state index contributed by atoms with van der Waals surface area (Å²) >= 11 is 0. The molecule has 1 unspecified atom stereocenters. The summed E-state index contributed by atoms with van der Waals surface area (Å²) in [5.74, 6) is 0. The minimum Gasteiger partial charge on any atom is -0.369 e. The van der Waals surface area contributed by atoms with Crippen LogP contribution in [-0.2, 0) is 4.74 Å². The average Bonchev–Trinajstić information content (AvgIpc) is 2.92. The molecule has 0 spiro atoms. The van der Waals surface area contributed by atoms with Crippen LogP contribution in [0.5, 0.6) is 0 Å². The lowest BCUT2D eigenvalue weighted by atomic mass is 10.1. The maximum absolute atomic E-state index is 6.28. The second kappa shape index (κ2) is 7.55. The van der Waals surface area contributed by atoms with E-state index in [2.05, 4.69) is 42.6 Å². The van der Waals surface area contributed by atoms with Gasteiger partial charge in [-0.2, -0.15) is 0 Å². The van der Waals surface area contributed by atoms with Gasteiger partial charge in [0.05, 0.1) is 12.2 Å². The van der Waals surface area contributed by atoms with Crippen LogP contribution in [0.4, 0.5) is 0 Å². The Labute approximate surface area is 111 Å². The van der Waals surface area contributed by atoms with Gasteiger partial charge >= 0.3 is 0 Å². The van der Waals surface area contributed by atoms with E-state index in [-0.39, 0.29) is 6.10 Å². The Bertz CT molecular complexity index is 319. The van der Waals surface area contributed by atoms with E-state index in [1.165, 1.54) is 37.7 Å². The van der Waals surface area contributed by atoms with E-state index in [9.17, 15) is 0 Å². The Morgan fingerprint density at radius 3 is 2.61 bits per heavy atom. The van der Waals surface area contributed by atoms with Crippen LogP contribution in [0.25, 0.3) is 0 Å². The van der Waals surface area contributed by atoms with Crippen LogP contribution >= 0.6 is 0 Å². The van der Waals surface area contributed by atoms with Crippen LogP contribution in [0.3, 0.4) is 0 Å². The first-order chi connectivity index (χ1) is 8.90. The van der Waals surface area contributed by atoms with Crippen molar-refractivity contribution in [2.75, 3.05) is 13.1 Å². The lowest BCUT2D eigenvalue weighted by molar-refractivity contribution is -0.00864. The van der Waals surface area contributed by atoms with Crippen LogP contribution in [0.15, 0.2) is 30.3 Å². The van der Waals surface area contributed by atoms with Crippen molar-refractivity contribution in [3.05, 3.63) is 35.9 Å². The van der Waals surface area contributed by atoms with Gasteiger partial charge in [-0.15, -0.1) is 0 Å². The largest absolute Gasteiger partial charge is 0.369 e. The molecule has 0 aliphatic heterocycles. The highest BCUT2D eigenvalue weighted by Crippen LogP contribution is 2.27. The van der Waals surface area contributed by atoms with Crippen LogP contribution in [0.2, 0.25) is 0 Å². The molecule has 1 aromatic rings. The van der Waals surface area contributed by atoms with E-state index in [0.29, 0.717) is 6.10 Å². The molecule has 100 valence electrons. The van der Waals surface area contributed by atoms with Crippen molar-refractivity contribution in [3.63, 3.8) is 0 Å².